The minimum absolute atomic E-state index is 0.631. The Morgan fingerprint density at radius 2 is 2.38 bits per heavy atom. The van der Waals surface area contributed by atoms with E-state index in [2.05, 4.69) is 46.8 Å². The molecule has 0 amide bonds. The maximum absolute atomic E-state index is 3.78. The summed E-state index contributed by atoms with van der Waals surface area (Å²) in [5.41, 5.74) is 0.631. The largest absolute Gasteiger partial charge is 0.299 e. The minimum Gasteiger partial charge on any atom is -0.299 e. The lowest BCUT2D eigenvalue weighted by molar-refractivity contribution is 0.203. The van der Waals surface area contributed by atoms with Crippen LogP contribution in [0.1, 0.15) is 20.3 Å². The molecule has 1 saturated carbocycles. The fraction of sp³-hybridized carbons (Fsp3) is 0.818. The number of halogens is 1. The van der Waals surface area contributed by atoms with Gasteiger partial charge in [0.1, 0.15) is 0 Å². The van der Waals surface area contributed by atoms with Crippen molar-refractivity contribution in [3.63, 3.8) is 0 Å². The average molecular weight is 244 g/mol. The minimum atomic E-state index is 0.631. The van der Waals surface area contributed by atoms with Gasteiger partial charge in [0.15, 0.2) is 0 Å². The molecule has 0 N–H and O–H groups in total. The highest BCUT2D eigenvalue weighted by Gasteiger charge is 2.61. The van der Waals surface area contributed by atoms with Crippen molar-refractivity contribution in [2.24, 2.45) is 11.3 Å². The number of hydrogen-bond acceptors (Lipinski definition) is 1. The molecule has 74 valence electrons. The first-order chi connectivity index (χ1) is 6.18. The molecule has 1 heterocycles. The zero-order chi connectivity index (χ0) is 9.47. The van der Waals surface area contributed by atoms with E-state index < -0.39 is 0 Å². The van der Waals surface area contributed by atoms with Gasteiger partial charge in [-0.2, -0.15) is 0 Å². The summed E-state index contributed by atoms with van der Waals surface area (Å²) >= 11 is 3.78. The number of rotatable bonds is 2. The van der Waals surface area contributed by atoms with E-state index >= 15 is 0 Å². The van der Waals surface area contributed by atoms with Crippen LogP contribution in [0.3, 0.4) is 0 Å². The van der Waals surface area contributed by atoms with E-state index in [4.69, 9.17) is 0 Å². The molecule has 3 unspecified atom stereocenters. The van der Waals surface area contributed by atoms with Gasteiger partial charge in [-0.1, -0.05) is 35.0 Å². The van der Waals surface area contributed by atoms with Gasteiger partial charge >= 0.3 is 0 Å². The monoisotopic (exact) mass is 243 g/mol. The van der Waals surface area contributed by atoms with Crippen LogP contribution in [0.25, 0.3) is 0 Å². The standard InChI is InChI=1S/C11H18BrN/c1-3-4-6-13-7-5-11(2)9(8-13)10(11)12/h3-4,9-10H,5-8H2,1-2H3/b4-3+. The first-order valence-corrected chi connectivity index (χ1v) is 6.07. The molecule has 0 aromatic carbocycles. The van der Waals surface area contributed by atoms with Crippen molar-refractivity contribution in [2.45, 2.75) is 25.1 Å². The van der Waals surface area contributed by atoms with Gasteiger partial charge in [-0.15, -0.1) is 0 Å². The molecule has 2 aliphatic rings. The highest BCUT2D eigenvalue weighted by molar-refractivity contribution is 9.09. The molecule has 0 radical (unpaired) electrons. The summed E-state index contributed by atoms with van der Waals surface area (Å²) in [6, 6.07) is 0. The second-order valence-corrected chi connectivity index (χ2v) is 5.58. The lowest BCUT2D eigenvalue weighted by Gasteiger charge is -2.28. The fourth-order valence-corrected chi connectivity index (χ4v) is 3.60. The van der Waals surface area contributed by atoms with Crippen molar-refractivity contribution >= 4 is 15.9 Å². The number of fused-ring (bicyclic) bond motifs is 1. The molecular weight excluding hydrogens is 226 g/mol. The summed E-state index contributed by atoms with van der Waals surface area (Å²) in [7, 11) is 0. The summed E-state index contributed by atoms with van der Waals surface area (Å²) in [5.74, 6) is 0.909. The Morgan fingerprint density at radius 1 is 1.62 bits per heavy atom. The molecule has 2 heteroatoms. The first-order valence-electron chi connectivity index (χ1n) is 5.16. The maximum Gasteiger partial charge on any atom is 0.0249 e. The molecule has 0 bridgehead atoms. The van der Waals surface area contributed by atoms with Crippen molar-refractivity contribution in [2.75, 3.05) is 19.6 Å². The number of nitrogens with zero attached hydrogens (tertiary/aromatic N) is 1. The molecule has 1 nitrogen and oxygen atoms in total. The molecule has 13 heavy (non-hydrogen) atoms. The van der Waals surface area contributed by atoms with Gasteiger partial charge in [-0.25, -0.2) is 0 Å². The van der Waals surface area contributed by atoms with Gasteiger partial charge in [-0.3, -0.25) is 4.90 Å². The molecule has 2 rings (SSSR count). The van der Waals surface area contributed by atoms with Gasteiger partial charge in [-0.05, 0) is 31.2 Å². The van der Waals surface area contributed by atoms with Crippen LogP contribution < -0.4 is 0 Å². The number of allylic oxidation sites excluding steroid dienone is 1. The van der Waals surface area contributed by atoms with Crippen molar-refractivity contribution in [3.8, 4) is 0 Å². The molecule has 1 aliphatic carbocycles. The van der Waals surface area contributed by atoms with Gasteiger partial charge in [0, 0.05) is 17.9 Å². The van der Waals surface area contributed by atoms with E-state index in [1.807, 2.05) is 0 Å². The van der Waals surface area contributed by atoms with Crippen LogP contribution in [0.15, 0.2) is 12.2 Å². The summed E-state index contributed by atoms with van der Waals surface area (Å²) in [4.78, 5) is 3.35. The zero-order valence-corrected chi connectivity index (χ0v) is 10.0. The third-order valence-corrected chi connectivity index (χ3v) is 5.43. The van der Waals surface area contributed by atoms with Crippen molar-refractivity contribution in [3.05, 3.63) is 12.2 Å². The summed E-state index contributed by atoms with van der Waals surface area (Å²) < 4.78 is 0. The Balaban J connectivity index is 1.87. The predicted octanol–water partition coefficient (Wildman–Crippen LogP) is 2.67. The van der Waals surface area contributed by atoms with Crippen molar-refractivity contribution in [1.82, 2.24) is 4.90 Å². The first kappa shape index (κ1) is 9.72. The number of piperidine rings is 1. The number of alkyl halides is 1. The van der Waals surface area contributed by atoms with Crippen molar-refractivity contribution in [1.29, 1.82) is 0 Å². The Kier molecular flexibility index (Phi) is 2.54. The zero-order valence-electron chi connectivity index (χ0n) is 8.46. The Hall–Kier alpha value is 0.180. The van der Waals surface area contributed by atoms with Crippen LogP contribution in [-0.2, 0) is 0 Å². The second kappa shape index (κ2) is 3.39. The predicted molar refractivity (Wildman–Crippen MR) is 60.2 cm³/mol. The van der Waals surface area contributed by atoms with Crippen LogP contribution in [0.5, 0.6) is 0 Å². The highest BCUT2D eigenvalue weighted by Crippen LogP contribution is 2.61. The Morgan fingerprint density at radius 3 is 3.00 bits per heavy atom. The van der Waals surface area contributed by atoms with Gasteiger partial charge in [0.05, 0.1) is 0 Å². The van der Waals surface area contributed by atoms with Crippen LogP contribution in [0.4, 0.5) is 0 Å². The lowest BCUT2D eigenvalue weighted by atomic mass is 9.98. The lowest BCUT2D eigenvalue weighted by Crippen LogP contribution is -2.34. The van der Waals surface area contributed by atoms with Crippen LogP contribution in [0, 0.1) is 11.3 Å². The molecule has 1 saturated heterocycles. The average Bonchev–Trinajstić information content (AvgIpc) is 2.67. The molecule has 1 aliphatic heterocycles. The maximum atomic E-state index is 3.78. The molecule has 0 aromatic heterocycles. The topological polar surface area (TPSA) is 3.24 Å². The van der Waals surface area contributed by atoms with Crippen LogP contribution >= 0.6 is 15.9 Å². The van der Waals surface area contributed by atoms with E-state index in [9.17, 15) is 0 Å². The third kappa shape index (κ3) is 1.59. The summed E-state index contributed by atoms with van der Waals surface area (Å²) in [5, 5.41) is 0. The summed E-state index contributed by atoms with van der Waals surface area (Å²) in [6.45, 7) is 8.22. The number of likely N-dealkylation sites (tertiary alicyclic amines) is 1. The highest BCUT2D eigenvalue weighted by atomic mass is 79.9. The Labute approximate surface area is 89.3 Å². The molecule has 2 fully saturated rings. The van der Waals surface area contributed by atoms with Crippen molar-refractivity contribution < 1.29 is 0 Å². The number of hydrogen-bond donors (Lipinski definition) is 0. The fourth-order valence-electron chi connectivity index (χ4n) is 2.41. The normalized spacial score (nSPS) is 45.2. The van der Waals surface area contributed by atoms with Crippen LogP contribution in [0.2, 0.25) is 0 Å². The Bertz CT molecular complexity index is 226. The van der Waals surface area contributed by atoms with Gasteiger partial charge in [0.2, 0.25) is 0 Å². The molecule has 0 aromatic rings. The van der Waals surface area contributed by atoms with E-state index in [0.717, 1.165) is 17.3 Å². The second-order valence-electron chi connectivity index (χ2n) is 4.59. The van der Waals surface area contributed by atoms with Gasteiger partial charge in [0.25, 0.3) is 0 Å². The van der Waals surface area contributed by atoms with E-state index in [1.165, 1.54) is 19.5 Å². The van der Waals surface area contributed by atoms with E-state index in [-0.39, 0.29) is 0 Å². The van der Waals surface area contributed by atoms with Gasteiger partial charge < -0.3 is 0 Å². The SMILES string of the molecule is C/C=C/CN1CCC2(C)C(Br)C2C1. The van der Waals surface area contributed by atoms with Crippen LogP contribution in [-0.4, -0.2) is 29.4 Å². The molecular formula is C11H18BrN. The summed E-state index contributed by atoms with van der Waals surface area (Å²) in [6.07, 6.45) is 5.77. The smallest absolute Gasteiger partial charge is 0.0249 e. The van der Waals surface area contributed by atoms with E-state index in [1.54, 1.807) is 0 Å². The molecule has 0 spiro atoms. The third-order valence-electron chi connectivity index (χ3n) is 3.74. The quantitative estimate of drug-likeness (QED) is 0.533. The van der Waals surface area contributed by atoms with E-state index in [0.29, 0.717) is 5.41 Å². The molecule has 3 atom stereocenters.